The van der Waals surface area contributed by atoms with Gasteiger partial charge in [0.1, 0.15) is 24.4 Å². The minimum Gasteiger partial charge on any atom is -0.394 e. The Morgan fingerprint density at radius 2 is 0.827 bits per heavy atom. The molecule has 0 saturated carbocycles. The monoisotopic (exact) mass is 1060 g/mol. The molecule has 7 unspecified atom stereocenters. The number of hydrogen-bond donors (Lipinski definition) is 6. The summed E-state index contributed by atoms with van der Waals surface area (Å²) in [4.78, 5) is 13.1. The van der Waals surface area contributed by atoms with E-state index in [1.54, 1.807) is 6.08 Å². The van der Waals surface area contributed by atoms with Crippen LogP contribution in [-0.4, -0.2) is 87.5 Å². The minimum absolute atomic E-state index is 0.174. The van der Waals surface area contributed by atoms with Crippen LogP contribution < -0.4 is 5.32 Å². The van der Waals surface area contributed by atoms with Gasteiger partial charge in [-0.05, 0) is 57.8 Å². The molecule has 0 radical (unpaired) electrons. The van der Waals surface area contributed by atoms with Gasteiger partial charge >= 0.3 is 0 Å². The molecule has 1 fully saturated rings. The van der Waals surface area contributed by atoms with Gasteiger partial charge in [-0.15, -0.1) is 0 Å². The molecule has 9 nitrogen and oxygen atoms in total. The molecule has 438 valence electrons. The van der Waals surface area contributed by atoms with E-state index in [0.717, 1.165) is 64.2 Å². The highest BCUT2D eigenvalue weighted by Crippen LogP contribution is 2.23. The molecule has 0 aromatic rings. The third-order valence-electron chi connectivity index (χ3n) is 15.1. The highest BCUT2D eigenvalue weighted by Gasteiger charge is 2.44. The SMILES string of the molecule is CC/C=C\C/C=C\C/C=C\C/C=C\CCCCCCCCCCCCCCCCCCC(=O)NC(COC1OC(CO)C(O)C(O)C1O)C(O)/C=C/CCCCCCCCCCCCCCCCCCCCCCC. The molecule has 1 aliphatic rings. The molecule has 75 heavy (non-hydrogen) atoms. The summed E-state index contributed by atoms with van der Waals surface area (Å²) in [6, 6.07) is -0.807. The fourth-order valence-corrected chi connectivity index (χ4v) is 10.1. The van der Waals surface area contributed by atoms with Crippen LogP contribution in [0.2, 0.25) is 0 Å². The van der Waals surface area contributed by atoms with Crippen molar-refractivity contribution in [1.29, 1.82) is 0 Å². The van der Waals surface area contributed by atoms with E-state index in [4.69, 9.17) is 9.47 Å². The average molecular weight is 1060 g/mol. The Labute approximate surface area is 462 Å². The first kappa shape index (κ1) is 70.9. The third-order valence-corrected chi connectivity index (χ3v) is 15.1. The zero-order valence-corrected chi connectivity index (χ0v) is 48.8. The van der Waals surface area contributed by atoms with Crippen LogP contribution in [0.5, 0.6) is 0 Å². The highest BCUT2D eigenvalue weighted by molar-refractivity contribution is 5.76. The van der Waals surface area contributed by atoms with Crippen LogP contribution in [0.15, 0.2) is 60.8 Å². The van der Waals surface area contributed by atoms with E-state index in [2.05, 4.69) is 67.8 Å². The number of hydrogen-bond acceptors (Lipinski definition) is 8. The number of unbranched alkanes of at least 4 members (excludes halogenated alkanes) is 37. The third kappa shape index (κ3) is 44.4. The van der Waals surface area contributed by atoms with Crippen molar-refractivity contribution < 1.29 is 39.8 Å². The second-order valence-electron chi connectivity index (χ2n) is 22.2. The predicted octanol–water partition coefficient (Wildman–Crippen LogP) is 16.6. The Hall–Kier alpha value is -2.11. The number of aliphatic hydroxyl groups is 5. The summed E-state index contributed by atoms with van der Waals surface area (Å²) in [5, 5.41) is 54.7. The Kier molecular flexibility index (Phi) is 52.2. The molecule has 6 N–H and O–H groups in total. The molecule has 0 aromatic carbocycles. The van der Waals surface area contributed by atoms with Crippen molar-refractivity contribution in [3.8, 4) is 0 Å². The van der Waals surface area contributed by atoms with Gasteiger partial charge in [0.15, 0.2) is 6.29 Å². The molecule has 0 bridgehead atoms. The standard InChI is InChI=1S/C66H121NO8/c1-3-5-7-9-11-13-15-17-19-21-23-25-27-28-29-30-31-32-34-36-38-40-42-44-46-48-50-52-54-56-62(70)67-59(58-74-66-65(73)64(72)63(71)61(57-68)75-66)60(69)55-53-51-49-47-45-43-41-39-37-35-33-26-24-22-20-18-16-14-12-10-8-6-4-2/h5,7,11,13,17,19,23,25,53,55,59-61,63-66,68-69,71-73H,3-4,6,8-10,12,14-16,18,20-22,24,26-52,54,56-58H2,1-2H3,(H,67,70)/b7-5-,13-11-,19-17-,25-23-,55-53+. The summed E-state index contributed by atoms with van der Waals surface area (Å²) < 4.78 is 11.3. The van der Waals surface area contributed by atoms with E-state index < -0.39 is 49.5 Å². The summed E-state index contributed by atoms with van der Waals surface area (Å²) >= 11 is 0. The minimum atomic E-state index is -1.57. The van der Waals surface area contributed by atoms with Crippen molar-refractivity contribution in [3.63, 3.8) is 0 Å². The van der Waals surface area contributed by atoms with E-state index >= 15 is 0 Å². The first-order valence-electron chi connectivity index (χ1n) is 32.0. The Morgan fingerprint density at radius 3 is 1.23 bits per heavy atom. The van der Waals surface area contributed by atoms with Crippen LogP contribution in [0, 0.1) is 0 Å². The lowest BCUT2D eigenvalue weighted by Crippen LogP contribution is -2.60. The molecule has 0 aromatic heterocycles. The first-order valence-corrected chi connectivity index (χ1v) is 32.0. The summed E-state index contributed by atoms with van der Waals surface area (Å²) in [5.74, 6) is -0.174. The molecule has 9 heteroatoms. The lowest BCUT2D eigenvalue weighted by Gasteiger charge is -2.40. The van der Waals surface area contributed by atoms with E-state index in [9.17, 15) is 30.3 Å². The van der Waals surface area contributed by atoms with Gasteiger partial charge in [-0.2, -0.15) is 0 Å². The quantitative estimate of drug-likeness (QED) is 0.0261. The maximum absolute atomic E-state index is 13.1. The Balaban J connectivity index is 2.17. The number of ether oxygens (including phenoxy) is 2. The van der Waals surface area contributed by atoms with Crippen LogP contribution >= 0.6 is 0 Å². The molecule has 1 heterocycles. The van der Waals surface area contributed by atoms with Crippen LogP contribution in [0.3, 0.4) is 0 Å². The summed E-state index contributed by atoms with van der Waals surface area (Å²) in [7, 11) is 0. The van der Waals surface area contributed by atoms with Gasteiger partial charge < -0.3 is 40.3 Å². The molecule has 1 saturated heterocycles. The van der Waals surface area contributed by atoms with E-state index in [1.807, 2.05) is 6.08 Å². The molecular weight excluding hydrogens is 935 g/mol. The van der Waals surface area contributed by atoms with E-state index in [-0.39, 0.29) is 12.5 Å². The van der Waals surface area contributed by atoms with E-state index in [0.29, 0.717) is 6.42 Å². The molecule has 0 aliphatic carbocycles. The van der Waals surface area contributed by atoms with Crippen LogP contribution in [-0.2, 0) is 14.3 Å². The largest absolute Gasteiger partial charge is 0.394 e. The smallest absolute Gasteiger partial charge is 0.220 e. The van der Waals surface area contributed by atoms with Gasteiger partial charge in [-0.1, -0.05) is 293 Å². The Bertz CT molecular complexity index is 1360. The number of rotatable bonds is 55. The van der Waals surface area contributed by atoms with Crippen molar-refractivity contribution in [2.45, 2.75) is 339 Å². The molecule has 1 amide bonds. The number of allylic oxidation sites excluding steroid dienone is 9. The zero-order chi connectivity index (χ0) is 54.3. The van der Waals surface area contributed by atoms with Gasteiger partial charge in [0.05, 0.1) is 25.4 Å². The van der Waals surface area contributed by atoms with Crippen molar-refractivity contribution >= 4 is 5.91 Å². The normalized spacial score (nSPS) is 19.3. The van der Waals surface area contributed by atoms with Crippen LogP contribution in [0.25, 0.3) is 0 Å². The second-order valence-corrected chi connectivity index (χ2v) is 22.2. The van der Waals surface area contributed by atoms with Gasteiger partial charge in [-0.25, -0.2) is 0 Å². The summed E-state index contributed by atoms with van der Waals surface area (Å²) in [6.45, 7) is 3.70. The van der Waals surface area contributed by atoms with Gasteiger partial charge in [0.25, 0.3) is 0 Å². The van der Waals surface area contributed by atoms with E-state index in [1.165, 1.54) is 212 Å². The number of nitrogens with one attached hydrogen (secondary N) is 1. The maximum atomic E-state index is 13.1. The van der Waals surface area contributed by atoms with Crippen molar-refractivity contribution in [2.75, 3.05) is 13.2 Å². The Morgan fingerprint density at radius 1 is 0.467 bits per heavy atom. The van der Waals surface area contributed by atoms with Crippen molar-refractivity contribution in [1.82, 2.24) is 5.32 Å². The number of carbonyl (C=O) groups is 1. The number of aliphatic hydroxyl groups excluding tert-OH is 5. The zero-order valence-electron chi connectivity index (χ0n) is 48.8. The summed E-state index contributed by atoms with van der Waals surface area (Å²) in [5.41, 5.74) is 0. The molecular formula is C66H121NO8. The van der Waals surface area contributed by atoms with Gasteiger partial charge in [-0.3, -0.25) is 4.79 Å². The van der Waals surface area contributed by atoms with Crippen LogP contribution in [0.4, 0.5) is 0 Å². The lowest BCUT2D eigenvalue weighted by atomic mass is 9.99. The second kappa shape index (κ2) is 55.2. The fraction of sp³-hybridized carbons (Fsp3) is 0.833. The van der Waals surface area contributed by atoms with Gasteiger partial charge in [0.2, 0.25) is 5.91 Å². The molecule has 1 aliphatic heterocycles. The number of amides is 1. The molecule has 1 rings (SSSR count). The van der Waals surface area contributed by atoms with Crippen molar-refractivity contribution in [3.05, 3.63) is 60.8 Å². The number of carbonyl (C=O) groups excluding carboxylic acids is 1. The maximum Gasteiger partial charge on any atom is 0.220 e. The van der Waals surface area contributed by atoms with Crippen LogP contribution in [0.1, 0.15) is 296 Å². The summed E-state index contributed by atoms with van der Waals surface area (Å²) in [6.07, 6.45) is 68.7. The highest BCUT2D eigenvalue weighted by atomic mass is 16.7. The first-order chi connectivity index (χ1) is 36.8. The van der Waals surface area contributed by atoms with Gasteiger partial charge in [0, 0.05) is 6.42 Å². The average Bonchev–Trinajstić information content (AvgIpc) is 3.41. The van der Waals surface area contributed by atoms with Crippen molar-refractivity contribution in [2.24, 2.45) is 0 Å². The topological polar surface area (TPSA) is 149 Å². The predicted molar refractivity (Wildman–Crippen MR) is 318 cm³/mol. The fourth-order valence-electron chi connectivity index (χ4n) is 10.1. The molecule has 0 spiro atoms. The lowest BCUT2D eigenvalue weighted by molar-refractivity contribution is -0.302. The molecule has 7 atom stereocenters.